The van der Waals surface area contributed by atoms with Crippen molar-refractivity contribution in [2.24, 2.45) is 0 Å². The van der Waals surface area contributed by atoms with Gasteiger partial charge in [0.2, 0.25) is 10.0 Å². The number of aromatic nitrogens is 3. The normalized spacial score (nSPS) is 21.5. The zero-order valence-corrected chi connectivity index (χ0v) is 18.2. The maximum absolute atomic E-state index is 13.4. The number of hydrogen-bond donors (Lipinski definition) is 2. The van der Waals surface area contributed by atoms with Crippen LogP contribution >= 0.6 is 0 Å². The summed E-state index contributed by atoms with van der Waals surface area (Å²) in [5.41, 5.74) is 1.23. The average molecular weight is 461 g/mol. The second-order valence-electron chi connectivity index (χ2n) is 7.76. The van der Waals surface area contributed by atoms with Crippen LogP contribution in [0.5, 0.6) is 0 Å². The van der Waals surface area contributed by atoms with E-state index in [1.807, 2.05) is 0 Å². The van der Waals surface area contributed by atoms with Gasteiger partial charge < -0.3 is 9.84 Å². The molecule has 10 heteroatoms. The first kappa shape index (κ1) is 22.5. The first-order valence-corrected chi connectivity index (χ1v) is 11.9. The number of hydrogen-bond acceptors (Lipinski definition) is 6. The van der Waals surface area contributed by atoms with E-state index in [-0.39, 0.29) is 23.4 Å². The fourth-order valence-corrected chi connectivity index (χ4v) is 5.13. The monoisotopic (exact) mass is 460 g/mol. The Morgan fingerprint density at radius 1 is 1.16 bits per heavy atom. The van der Waals surface area contributed by atoms with Gasteiger partial charge in [0.15, 0.2) is 0 Å². The van der Waals surface area contributed by atoms with E-state index in [1.54, 1.807) is 41.2 Å². The number of ether oxygens (including phenoxy) is 1. The lowest BCUT2D eigenvalue weighted by atomic mass is 9.98. The predicted octanol–water partition coefficient (Wildman–Crippen LogP) is 2.36. The van der Waals surface area contributed by atoms with Gasteiger partial charge in [-0.15, -0.1) is 5.10 Å². The van der Waals surface area contributed by atoms with Gasteiger partial charge >= 0.3 is 0 Å². The highest BCUT2D eigenvalue weighted by Gasteiger charge is 2.33. The van der Waals surface area contributed by atoms with E-state index in [1.165, 1.54) is 24.3 Å². The summed E-state index contributed by atoms with van der Waals surface area (Å²) in [6, 6.07) is 13.8. The SMILES string of the molecule is O=S(=O)(N[C@H]1CC[C@@H](CCn2cc(-c3cccc(F)c3)nn2)O[C@H]1CO)c1ccccc1. The number of sulfonamides is 1. The molecule has 1 aliphatic heterocycles. The molecular weight excluding hydrogens is 435 g/mol. The number of aryl methyl sites for hydroxylation is 1. The van der Waals surface area contributed by atoms with Gasteiger partial charge in [-0.1, -0.05) is 35.5 Å². The summed E-state index contributed by atoms with van der Waals surface area (Å²) in [6.45, 7) is 0.247. The molecule has 8 nitrogen and oxygen atoms in total. The molecule has 2 aromatic carbocycles. The number of nitrogens with one attached hydrogen (secondary N) is 1. The minimum Gasteiger partial charge on any atom is -0.394 e. The van der Waals surface area contributed by atoms with E-state index in [0.717, 1.165) is 0 Å². The maximum Gasteiger partial charge on any atom is 0.240 e. The Labute approximate surface area is 186 Å². The van der Waals surface area contributed by atoms with Gasteiger partial charge in [-0.3, -0.25) is 4.68 Å². The molecule has 3 atom stereocenters. The van der Waals surface area contributed by atoms with E-state index in [2.05, 4.69) is 15.0 Å². The van der Waals surface area contributed by atoms with Crippen LogP contribution in [0.15, 0.2) is 65.7 Å². The summed E-state index contributed by atoms with van der Waals surface area (Å²) in [5.74, 6) is -0.333. The summed E-state index contributed by atoms with van der Waals surface area (Å²) < 4.78 is 48.9. The molecular formula is C22H25FN4O4S. The molecule has 1 aromatic heterocycles. The standard InChI is InChI=1S/C22H25FN4O4S/c23-17-6-4-5-16(13-17)21-14-27(26-24-21)12-11-18-9-10-20(22(15-28)31-18)25-32(29,30)19-7-2-1-3-8-19/h1-8,13-14,18,20,22,25,28H,9-12,15H2/t18-,20-,22-/m0/s1. The molecule has 0 saturated carbocycles. The van der Waals surface area contributed by atoms with Crippen molar-refractivity contribution in [2.45, 2.75) is 49.0 Å². The first-order valence-electron chi connectivity index (χ1n) is 10.4. The van der Waals surface area contributed by atoms with E-state index in [4.69, 9.17) is 4.74 Å². The van der Waals surface area contributed by atoms with Crippen molar-refractivity contribution >= 4 is 10.0 Å². The van der Waals surface area contributed by atoms with Gasteiger partial charge in [-0.05, 0) is 43.5 Å². The van der Waals surface area contributed by atoms with Crippen molar-refractivity contribution in [3.63, 3.8) is 0 Å². The average Bonchev–Trinajstić information content (AvgIpc) is 3.28. The predicted molar refractivity (Wildman–Crippen MR) is 116 cm³/mol. The van der Waals surface area contributed by atoms with Crippen LogP contribution in [-0.2, 0) is 21.3 Å². The molecule has 0 radical (unpaired) electrons. The number of benzene rings is 2. The number of aliphatic hydroxyl groups excluding tert-OH is 1. The molecule has 1 fully saturated rings. The van der Waals surface area contributed by atoms with Crippen molar-refractivity contribution in [3.05, 3.63) is 66.6 Å². The molecule has 2 N–H and O–H groups in total. The maximum atomic E-state index is 13.4. The van der Waals surface area contributed by atoms with Gasteiger partial charge in [0.1, 0.15) is 11.5 Å². The van der Waals surface area contributed by atoms with Crippen molar-refractivity contribution in [3.8, 4) is 11.3 Å². The van der Waals surface area contributed by atoms with E-state index in [9.17, 15) is 17.9 Å². The van der Waals surface area contributed by atoms with Crippen molar-refractivity contribution in [1.29, 1.82) is 0 Å². The minimum atomic E-state index is -3.69. The molecule has 0 amide bonds. The highest BCUT2D eigenvalue weighted by molar-refractivity contribution is 7.89. The summed E-state index contributed by atoms with van der Waals surface area (Å²) in [4.78, 5) is 0.180. The number of aliphatic hydroxyl groups is 1. The lowest BCUT2D eigenvalue weighted by Crippen LogP contribution is -2.50. The Morgan fingerprint density at radius 3 is 2.72 bits per heavy atom. The molecule has 1 saturated heterocycles. The smallest absolute Gasteiger partial charge is 0.240 e. The zero-order chi connectivity index (χ0) is 22.6. The molecule has 3 aromatic rings. The van der Waals surface area contributed by atoms with Crippen LogP contribution < -0.4 is 4.72 Å². The third kappa shape index (κ3) is 5.39. The Morgan fingerprint density at radius 2 is 1.97 bits per heavy atom. The van der Waals surface area contributed by atoms with Gasteiger partial charge in [-0.25, -0.2) is 17.5 Å². The third-order valence-electron chi connectivity index (χ3n) is 5.49. The van der Waals surface area contributed by atoms with Crippen LogP contribution in [0.4, 0.5) is 4.39 Å². The molecule has 0 unspecified atom stereocenters. The van der Waals surface area contributed by atoms with Gasteiger partial charge in [0.25, 0.3) is 0 Å². The molecule has 32 heavy (non-hydrogen) atoms. The van der Waals surface area contributed by atoms with E-state index in [0.29, 0.717) is 37.1 Å². The lowest BCUT2D eigenvalue weighted by molar-refractivity contribution is -0.0891. The quantitative estimate of drug-likeness (QED) is 0.535. The third-order valence-corrected chi connectivity index (χ3v) is 7.00. The Bertz CT molecular complexity index is 1140. The van der Waals surface area contributed by atoms with Crippen molar-refractivity contribution < 1.29 is 22.7 Å². The molecule has 0 aliphatic carbocycles. The topological polar surface area (TPSA) is 106 Å². The number of rotatable bonds is 8. The van der Waals surface area contributed by atoms with E-state index < -0.39 is 22.2 Å². The first-order chi connectivity index (χ1) is 15.4. The fourth-order valence-electron chi connectivity index (χ4n) is 3.81. The van der Waals surface area contributed by atoms with Crippen LogP contribution in [-0.4, -0.2) is 53.4 Å². The largest absolute Gasteiger partial charge is 0.394 e. The van der Waals surface area contributed by atoms with Crippen LogP contribution in [0.1, 0.15) is 19.3 Å². The summed E-state index contributed by atoms with van der Waals surface area (Å²) in [5, 5.41) is 17.9. The summed E-state index contributed by atoms with van der Waals surface area (Å²) in [6.07, 6.45) is 2.79. The Balaban J connectivity index is 1.33. The molecule has 0 bridgehead atoms. The van der Waals surface area contributed by atoms with Crippen LogP contribution in [0.25, 0.3) is 11.3 Å². The molecule has 1 aliphatic rings. The van der Waals surface area contributed by atoms with Crippen LogP contribution in [0.3, 0.4) is 0 Å². The van der Waals surface area contributed by atoms with Gasteiger partial charge in [-0.2, -0.15) is 0 Å². The number of nitrogens with zero attached hydrogens (tertiary/aromatic N) is 3. The lowest BCUT2D eigenvalue weighted by Gasteiger charge is -2.36. The second-order valence-corrected chi connectivity index (χ2v) is 9.48. The molecule has 0 spiro atoms. The van der Waals surface area contributed by atoms with Gasteiger partial charge in [0.05, 0.1) is 35.9 Å². The molecule has 170 valence electrons. The van der Waals surface area contributed by atoms with Crippen LogP contribution in [0, 0.1) is 5.82 Å². The fraction of sp³-hybridized carbons (Fsp3) is 0.364. The Hall–Kier alpha value is -2.66. The zero-order valence-electron chi connectivity index (χ0n) is 17.3. The number of halogens is 1. The summed E-state index contributed by atoms with van der Waals surface area (Å²) >= 11 is 0. The minimum absolute atomic E-state index is 0.147. The second kappa shape index (κ2) is 9.86. The van der Waals surface area contributed by atoms with E-state index >= 15 is 0 Å². The van der Waals surface area contributed by atoms with Crippen molar-refractivity contribution in [1.82, 2.24) is 19.7 Å². The van der Waals surface area contributed by atoms with Gasteiger partial charge in [0, 0.05) is 12.1 Å². The molecule has 2 heterocycles. The highest BCUT2D eigenvalue weighted by atomic mass is 32.2. The Kier molecular flexibility index (Phi) is 6.95. The van der Waals surface area contributed by atoms with Crippen molar-refractivity contribution in [2.75, 3.05) is 6.61 Å². The summed E-state index contributed by atoms with van der Waals surface area (Å²) in [7, 11) is -3.69. The van der Waals surface area contributed by atoms with Crippen LogP contribution in [0.2, 0.25) is 0 Å². The molecule has 4 rings (SSSR count). The highest BCUT2D eigenvalue weighted by Crippen LogP contribution is 2.24.